The molecule has 1 aliphatic heterocycles. The van der Waals surface area contributed by atoms with Crippen molar-refractivity contribution in [3.05, 3.63) is 102 Å². The van der Waals surface area contributed by atoms with Gasteiger partial charge in [-0.2, -0.15) is 26.3 Å². The summed E-state index contributed by atoms with van der Waals surface area (Å²) in [5, 5.41) is 20.3. The van der Waals surface area contributed by atoms with Crippen molar-refractivity contribution >= 4 is 11.8 Å². The summed E-state index contributed by atoms with van der Waals surface area (Å²) in [7, 11) is 0. The van der Waals surface area contributed by atoms with Gasteiger partial charge in [0.2, 0.25) is 0 Å². The minimum absolute atomic E-state index is 0.103. The lowest BCUT2D eigenvalue weighted by Gasteiger charge is -2.53. The van der Waals surface area contributed by atoms with Gasteiger partial charge in [-0.05, 0) is 29.2 Å². The van der Waals surface area contributed by atoms with Crippen LogP contribution in [0.15, 0.2) is 95.9 Å². The summed E-state index contributed by atoms with van der Waals surface area (Å²) in [6.45, 7) is 0. The minimum atomic E-state index is -5.67. The van der Waals surface area contributed by atoms with Crippen molar-refractivity contribution in [1.82, 2.24) is 0 Å². The molecule has 0 aliphatic carbocycles. The minimum Gasteiger partial charge on any atom is -0.358 e. The topological polar surface area (TPSA) is 49.7 Å². The van der Waals surface area contributed by atoms with E-state index in [2.05, 4.69) is 4.74 Å². The van der Waals surface area contributed by atoms with E-state index in [9.17, 15) is 36.6 Å². The number of hydrogen-bond donors (Lipinski definition) is 2. The highest BCUT2D eigenvalue weighted by atomic mass is 32.2. The van der Waals surface area contributed by atoms with Crippen molar-refractivity contribution in [2.75, 3.05) is 0 Å². The number of thioether (sulfide) groups is 1. The molecule has 4 rings (SSSR count). The quantitative estimate of drug-likeness (QED) is 0.281. The molecule has 1 aliphatic rings. The monoisotopic (exact) mass is 528 g/mol. The summed E-state index contributed by atoms with van der Waals surface area (Å²) < 4.78 is 89.6. The second-order valence-electron chi connectivity index (χ2n) is 8.59. The van der Waals surface area contributed by atoms with E-state index < -0.39 is 47.4 Å². The summed E-state index contributed by atoms with van der Waals surface area (Å²) in [6.07, 6.45) is -12.5. The fraction of sp³-hybridized carbons (Fsp3) is 0.308. The molecule has 0 amide bonds. The van der Waals surface area contributed by atoms with Gasteiger partial charge in [-0.1, -0.05) is 78.9 Å². The van der Waals surface area contributed by atoms with Gasteiger partial charge in [-0.25, -0.2) is 0 Å². The highest BCUT2D eigenvalue weighted by molar-refractivity contribution is 7.99. The predicted molar refractivity (Wildman–Crippen MR) is 122 cm³/mol. The molecule has 5 atom stereocenters. The Morgan fingerprint density at radius 3 is 1.75 bits per heavy atom. The Balaban J connectivity index is 1.96. The van der Waals surface area contributed by atoms with E-state index in [4.69, 9.17) is 0 Å². The van der Waals surface area contributed by atoms with E-state index >= 15 is 0 Å². The molecule has 0 unspecified atom stereocenters. The van der Waals surface area contributed by atoms with Crippen LogP contribution in [0.5, 0.6) is 0 Å². The molecule has 1 heterocycles. The Hall–Kier alpha value is -2.53. The van der Waals surface area contributed by atoms with Crippen LogP contribution in [0.2, 0.25) is 0 Å². The lowest BCUT2D eigenvalue weighted by atomic mass is 9.70. The first-order valence-corrected chi connectivity index (χ1v) is 11.8. The van der Waals surface area contributed by atoms with E-state index in [0.717, 1.165) is 11.8 Å². The smallest absolute Gasteiger partial charge is 0.358 e. The van der Waals surface area contributed by atoms with Crippen LogP contribution < -0.4 is 0 Å². The van der Waals surface area contributed by atoms with Gasteiger partial charge >= 0.3 is 12.4 Å². The number of benzene rings is 3. The predicted octanol–water partition coefficient (Wildman–Crippen LogP) is 6.84. The number of alkyl halides is 6. The van der Waals surface area contributed by atoms with Crippen LogP contribution in [0.4, 0.5) is 26.3 Å². The van der Waals surface area contributed by atoms with Crippen LogP contribution in [0.1, 0.15) is 28.7 Å². The largest absolute Gasteiger partial charge is 0.443 e. The molecule has 0 radical (unpaired) electrons. The highest BCUT2D eigenvalue weighted by Gasteiger charge is 2.74. The second-order valence-corrected chi connectivity index (χ2v) is 9.80. The molecular weight excluding hydrogens is 506 g/mol. The SMILES string of the molecule is O[C@]1(C(F)(F)F)C[C@@H](c2ccccc2)[C@@H]([C@H](Sc2ccccc2)c2ccccc2)[C@@](O)(C(F)(F)F)O1. The molecule has 10 heteroatoms. The van der Waals surface area contributed by atoms with Gasteiger partial charge in [-0.3, -0.25) is 0 Å². The summed E-state index contributed by atoms with van der Waals surface area (Å²) in [5.41, 5.74) is 0.451. The van der Waals surface area contributed by atoms with E-state index in [-0.39, 0.29) is 5.56 Å². The van der Waals surface area contributed by atoms with Gasteiger partial charge in [-0.15, -0.1) is 11.8 Å². The van der Waals surface area contributed by atoms with Crippen molar-refractivity contribution in [3.63, 3.8) is 0 Å². The zero-order chi connectivity index (χ0) is 26.2. The molecule has 0 saturated carbocycles. The second kappa shape index (κ2) is 9.74. The third kappa shape index (κ3) is 5.00. The molecule has 3 nitrogen and oxygen atoms in total. The molecule has 1 saturated heterocycles. The number of halogens is 6. The third-order valence-corrected chi connectivity index (χ3v) is 7.61. The van der Waals surface area contributed by atoms with Crippen LogP contribution >= 0.6 is 11.8 Å². The maximum Gasteiger partial charge on any atom is 0.443 e. The Bertz CT molecular complexity index is 1140. The Morgan fingerprint density at radius 1 is 0.750 bits per heavy atom. The van der Waals surface area contributed by atoms with Crippen molar-refractivity contribution < 1.29 is 41.3 Å². The number of ether oxygens (including phenoxy) is 1. The van der Waals surface area contributed by atoms with Crippen molar-refractivity contribution in [3.8, 4) is 0 Å². The number of aliphatic hydroxyl groups is 2. The summed E-state index contributed by atoms with van der Waals surface area (Å²) in [6, 6.07) is 23.6. The zero-order valence-corrected chi connectivity index (χ0v) is 19.4. The third-order valence-electron chi connectivity index (χ3n) is 6.24. The molecular formula is C26H22F6O3S. The molecule has 3 aromatic carbocycles. The molecule has 3 aromatic rings. The summed E-state index contributed by atoms with van der Waals surface area (Å²) >= 11 is 0.970. The van der Waals surface area contributed by atoms with Gasteiger partial charge < -0.3 is 14.9 Å². The molecule has 0 spiro atoms. The van der Waals surface area contributed by atoms with Crippen molar-refractivity contribution in [2.24, 2.45) is 5.92 Å². The molecule has 2 N–H and O–H groups in total. The first-order valence-electron chi connectivity index (χ1n) is 11.0. The Labute approximate surface area is 207 Å². The van der Waals surface area contributed by atoms with E-state index in [0.29, 0.717) is 10.5 Å². The molecule has 36 heavy (non-hydrogen) atoms. The van der Waals surface area contributed by atoms with Gasteiger partial charge in [0, 0.05) is 22.5 Å². The lowest BCUT2D eigenvalue weighted by Crippen LogP contribution is -2.68. The van der Waals surface area contributed by atoms with Gasteiger partial charge in [0.1, 0.15) is 0 Å². The lowest BCUT2D eigenvalue weighted by molar-refractivity contribution is -0.501. The molecule has 0 aromatic heterocycles. The maximum atomic E-state index is 14.5. The van der Waals surface area contributed by atoms with Crippen molar-refractivity contribution in [2.45, 2.75) is 46.4 Å². The summed E-state index contributed by atoms with van der Waals surface area (Å²) in [4.78, 5) is 0.541. The van der Waals surface area contributed by atoms with Crippen LogP contribution in [0.3, 0.4) is 0 Å². The van der Waals surface area contributed by atoms with Gasteiger partial charge in [0.05, 0.1) is 0 Å². The first kappa shape index (κ1) is 26.5. The molecule has 192 valence electrons. The number of hydrogen-bond acceptors (Lipinski definition) is 4. The zero-order valence-electron chi connectivity index (χ0n) is 18.6. The Morgan fingerprint density at radius 2 is 1.25 bits per heavy atom. The first-order chi connectivity index (χ1) is 16.9. The average molecular weight is 529 g/mol. The van der Waals surface area contributed by atoms with Crippen LogP contribution in [-0.4, -0.2) is 34.1 Å². The maximum absolute atomic E-state index is 14.5. The summed E-state index contributed by atoms with van der Waals surface area (Å²) in [5.74, 6) is -12.1. The normalized spacial score (nSPS) is 28.0. The molecule has 1 fully saturated rings. The van der Waals surface area contributed by atoms with E-state index in [1.54, 1.807) is 66.7 Å². The molecule has 0 bridgehead atoms. The van der Waals surface area contributed by atoms with E-state index in [1.165, 1.54) is 24.3 Å². The standard InChI is InChI=1S/C26H22F6O3S/c27-25(28,29)23(33)16-20(17-10-4-1-5-11-17)21(24(34,35-23)26(30,31)32)22(18-12-6-2-7-13-18)36-19-14-8-3-9-15-19/h1-15,20-22,33-34H,16H2/t20-,21-,22+,23+,24-/m0/s1. The van der Waals surface area contributed by atoms with Gasteiger partial charge in [0.15, 0.2) is 0 Å². The highest BCUT2D eigenvalue weighted by Crippen LogP contribution is 2.62. The number of rotatable bonds is 5. The fourth-order valence-corrected chi connectivity index (χ4v) is 5.99. The van der Waals surface area contributed by atoms with Crippen LogP contribution in [0.25, 0.3) is 0 Å². The Kier molecular flexibility index (Phi) is 7.18. The fourth-order valence-electron chi connectivity index (χ4n) is 4.56. The van der Waals surface area contributed by atoms with Gasteiger partial charge in [0.25, 0.3) is 11.6 Å². The van der Waals surface area contributed by atoms with Crippen LogP contribution in [0, 0.1) is 5.92 Å². The van der Waals surface area contributed by atoms with Crippen molar-refractivity contribution in [1.29, 1.82) is 0 Å². The average Bonchev–Trinajstić information content (AvgIpc) is 2.83. The van der Waals surface area contributed by atoms with E-state index in [1.807, 2.05) is 0 Å². The van der Waals surface area contributed by atoms with Crippen LogP contribution in [-0.2, 0) is 4.74 Å².